The highest BCUT2D eigenvalue weighted by Gasteiger charge is 2.45. The summed E-state index contributed by atoms with van der Waals surface area (Å²) >= 11 is 0. The Morgan fingerprint density at radius 3 is 2.15 bits per heavy atom. The molecule has 0 amide bonds. The Kier molecular flexibility index (Phi) is 4.41. The number of aliphatic hydroxyl groups is 4. The number of halogens is 1. The molecular weight excluding hydrogens is 183 g/mol. The van der Waals surface area contributed by atoms with Gasteiger partial charge in [0.15, 0.2) is 17.6 Å². The van der Waals surface area contributed by atoms with Gasteiger partial charge in [0, 0.05) is 0 Å². The molecule has 0 aliphatic carbocycles. The van der Waals surface area contributed by atoms with Crippen LogP contribution in [0.4, 0.5) is 4.39 Å². The third-order valence-corrected chi connectivity index (χ3v) is 1.85. The number of Topliss-reactive ketones (excluding diaryl/α,β-unsaturated/α-hetero) is 1. The zero-order valence-electron chi connectivity index (χ0n) is 7.14. The maximum Gasteiger partial charge on any atom is 0.191 e. The quantitative estimate of drug-likeness (QED) is 0.407. The minimum absolute atomic E-state index is 0.990. The maximum atomic E-state index is 13.4. The van der Waals surface area contributed by atoms with Crippen molar-refractivity contribution in [2.75, 3.05) is 13.2 Å². The third kappa shape index (κ3) is 2.44. The van der Waals surface area contributed by atoms with Crippen molar-refractivity contribution in [2.45, 2.75) is 24.8 Å². The largest absolute Gasteiger partial charge is 0.393 e. The molecule has 3 unspecified atom stereocenters. The Morgan fingerprint density at radius 1 is 1.46 bits per heavy atom. The van der Waals surface area contributed by atoms with Crippen LogP contribution in [0.5, 0.6) is 0 Å². The van der Waals surface area contributed by atoms with Crippen LogP contribution >= 0.6 is 0 Å². The zero-order valence-corrected chi connectivity index (χ0v) is 7.14. The number of rotatable bonds is 5. The average Bonchev–Trinajstić information content (AvgIpc) is 2.13. The minimum Gasteiger partial charge on any atom is -0.393 e. The predicted molar refractivity (Wildman–Crippen MR) is 40.7 cm³/mol. The number of carbonyl (C=O) groups excluding carboxylic acids is 1. The van der Waals surface area contributed by atoms with Gasteiger partial charge in [0.05, 0.1) is 12.7 Å². The summed E-state index contributed by atoms with van der Waals surface area (Å²) in [5.74, 6) is -1.18. The molecular formula is C7H13FO5. The SMILES string of the molecule is CC(O)C(F)(CO)C(O)C(=O)CO. The van der Waals surface area contributed by atoms with Crippen LogP contribution in [-0.2, 0) is 4.79 Å². The number of hydrogen-bond donors (Lipinski definition) is 4. The highest BCUT2D eigenvalue weighted by Crippen LogP contribution is 2.21. The van der Waals surface area contributed by atoms with Gasteiger partial charge in [-0.15, -0.1) is 0 Å². The molecule has 0 heterocycles. The van der Waals surface area contributed by atoms with E-state index < -0.39 is 36.9 Å². The van der Waals surface area contributed by atoms with Gasteiger partial charge in [0.1, 0.15) is 6.61 Å². The summed E-state index contributed by atoms with van der Waals surface area (Å²) < 4.78 is 13.4. The first-order valence-corrected chi connectivity index (χ1v) is 3.69. The van der Waals surface area contributed by atoms with E-state index in [0.29, 0.717) is 0 Å². The van der Waals surface area contributed by atoms with Crippen molar-refractivity contribution in [3.8, 4) is 0 Å². The Morgan fingerprint density at radius 2 is 1.92 bits per heavy atom. The Hall–Kier alpha value is -0.560. The molecule has 13 heavy (non-hydrogen) atoms. The Labute approximate surface area is 74.4 Å². The van der Waals surface area contributed by atoms with E-state index in [-0.39, 0.29) is 0 Å². The first kappa shape index (κ1) is 12.4. The summed E-state index contributed by atoms with van der Waals surface area (Å²) in [6, 6.07) is 0. The molecule has 0 aromatic heterocycles. The molecule has 0 saturated carbocycles. The second-order valence-electron chi connectivity index (χ2n) is 2.79. The number of alkyl halides is 1. The van der Waals surface area contributed by atoms with E-state index in [1.807, 2.05) is 0 Å². The van der Waals surface area contributed by atoms with E-state index in [4.69, 9.17) is 20.4 Å². The van der Waals surface area contributed by atoms with E-state index >= 15 is 0 Å². The second-order valence-corrected chi connectivity index (χ2v) is 2.79. The lowest BCUT2D eigenvalue weighted by Gasteiger charge is -2.29. The standard InChI is InChI=1S/C7H13FO5/c1-4(11)7(8,3-10)6(13)5(12)2-9/h4,6,9-11,13H,2-3H2,1H3. The number of aliphatic hydroxyl groups excluding tert-OH is 4. The average molecular weight is 196 g/mol. The molecule has 0 spiro atoms. The van der Waals surface area contributed by atoms with Gasteiger partial charge in [0.25, 0.3) is 0 Å². The number of hydrogen-bond acceptors (Lipinski definition) is 5. The fourth-order valence-corrected chi connectivity index (χ4v) is 0.801. The fourth-order valence-electron chi connectivity index (χ4n) is 0.801. The van der Waals surface area contributed by atoms with Crippen LogP contribution in [0.25, 0.3) is 0 Å². The van der Waals surface area contributed by atoms with Crippen LogP contribution in [0.1, 0.15) is 6.92 Å². The van der Waals surface area contributed by atoms with Crippen molar-refractivity contribution in [2.24, 2.45) is 0 Å². The van der Waals surface area contributed by atoms with Crippen molar-refractivity contribution < 1.29 is 29.6 Å². The van der Waals surface area contributed by atoms with Gasteiger partial charge in [0.2, 0.25) is 0 Å². The summed E-state index contributed by atoms with van der Waals surface area (Å²) in [5.41, 5.74) is -2.82. The van der Waals surface area contributed by atoms with Crippen molar-refractivity contribution in [1.82, 2.24) is 0 Å². The molecule has 5 nitrogen and oxygen atoms in total. The lowest BCUT2D eigenvalue weighted by molar-refractivity contribution is -0.153. The van der Waals surface area contributed by atoms with Crippen LogP contribution in [-0.4, -0.2) is 57.3 Å². The second kappa shape index (κ2) is 4.61. The smallest absolute Gasteiger partial charge is 0.191 e. The molecule has 0 aromatic carbocycles. The fraction of sp³-hybridized carbons (Fsp3) is 0.857. The first-order valence-electron chi connectivity index (χ1n) is 3.69. The van der Waals surface area contributed by atoms with E-state index in [9.17, 15) is 9.18 Å². The zero-order chi connectivity index (χ0) is 10.6. The van der Waals surface area contributed by atoms with Crippen LogP contribution in [0, 0.1) is 0 Å². The summed E-state index contributed by atoms with van der Waals surface area (Å²) in [4.78, 5) is 10.7. The molecule has 3 atom stereocenters. The molecule has 0 fully saturated rings. The van der Waals surface area contributed by atoms with Gasteiger partial charge in [-0.25, -0.2) is 4.39 Å². The molecule has 0 aliphatic rings. The van der Waals surface area contributed by atoms with Gasteiger partial charge < -0.3 is 20.4 Å². The molecule has 6 heteroatoms. The first-order chi connectivity index (χ1) is 5.90. The Balaban J connectivity index is 4.66. The highest BCUT2D eigenvalue weighted by atomic mass is 19.1. The summed E-state index contributed by atoms with van der Waals surface area (Å²) in [7, 11) is 0. The molecule has 0 rings (SSSR count). The van der Waals surface area contributed by atoms with Crippen LogP contribution in [0.3, 0.4) is 0 Å². The van der Waals surface area contributed by atoms with E-state index in [1.54, 1.807) is 0 Å². The molecule has 0 aromatic rings. The topological polar surface area (TPSA) is 98.0 Å². The molecule has 0 bridgehead atoms. The van der Waals surface area contributed by atoms with Crippen LogP contribution in [0.2, 0.25) is 0 Å². The number of carbonyl (C=O) groups is 1. The maximum absolute atomic E-state index is 13.4. The molecule has 78 valence electrons. The lowest BCUT2D eigenvalue weighted by atomic mass is 9.91. The van der Waals surface area contributed by atoms with E-state index in [0.717, 1.165) is 6.92 Å². The molecule has 0 aliphatic heterocycles. The predicted octanol–water partition coefficient (Wildman–Crippen LogP) is -2.01. The van der Waals surface area contributed by atoms with Crippen molar-refractivity contribution in [3.05, 3.63) is 0 Å². The monoisotopic (exact) mass is 196 g/mol. The summed E-state index contributed by atoms with van der Waals surface area (Å²) in [5, 5.41) is 34.7. The highest BCUT2D eigenvalue weighted by molar-refractivity contribution is 5.85. The van der Waals surface area contributed by atoms with Crippen molar-refractivity contribution in [3.63, 3.8) is 0 Å². The molecule has 0 saturated heterocycles. The Bertz CT molecular complexity index is 184. The molecule has 0 radical (unpaired) electrons. The summed E-state index contributed by atoms with van der Waals surface area (Å²) in [6.45, 7) is -1.25. The molecule has 4 N–H and O–H groups in total. The van der Waals surface area contributed by atoms with Gasteiger partial charge in [-0.1, -0.05) is 0 Å². The number of ketones is 1. The van der Waals surface area contributed by atoms with Gasteiger partial charge in [-0.2, -0.15) is 0 Å². The van der Waals surface area contributed by atoms with Crippen molar-refractivity contribution in [1.29, 1.82) is 0 Å². The minimum atomic E-state index is -2.82. The van der Waals surface area contributed by atoms with E-state index in [1.165, 1.54) is 0 Å². The van der Waals surface area contributed by atoms with Crippen molar-refractivity contribution >= 4 is 5.78 Å². The lowest BCUT2D eigenvalue weighted by Crippen LogP contribution is -2.54. The third-order valence-electron chi connectivity index (χ3n) is 1.85. The van der Waals surface area contributed by atoms with Gasteiger partial charge in [-0.05, 0) is 6.92 Å². The van der Waals surface area contributed by atoms with Crippen LogP contribution in [0.15, 0.2) is 0 Å². The van der Waals surface area contributed by atoms with Crippen LogP contribution < -0.4 is 0 Å². The van der Waals surface area contributed by atoms with Gasteiger partial charge in [-0.3, -0.25) is 4.79 Å². The van der Waals surface area contributed by atoms with Gasteiger partial charge >= 0.3 is 0 Å². The normalized spacial score (nSPS) is 20.5. The van der Waals surface area contributed by atoms with E-state index in [2.05, 4.69) is 0 Å². The summed E-state index contributed by atoms with van der Waals surface area (Å²) in [6.07, 6.45) is -3.93.